The molecule has 1 rings (SSSR count). The van der Waals surface area contributed by atoms with Gasteiger partial charge in [-0.2, -0.15) is 0 Å². The highest BCUT2D eigenvalue weighted by atomic mass is 15.5. The zero-order valence-electron chi connectivity index (χ0n) is 8.14. The van der Waals surface area contributed by atoms with Crippen molar-refractivity contribution in [1.29, 1.82) is 0 Å². The lowest BCUT2D eigenvalue weighted by Gasteiger charge is -2.27. The van der Waals surface area contributed by atoms with Crippen molar-refractivity contribution in [1.82, 2.24) is 4.90 Å². The number of likely N-dealkylation sites (N-methyl/N-ethyl adjacent to an activating group) is 1. The summed E-state index contributed by atoms with van der Waals surface area (Å²) in [5.41, 5.74) is 0. The summed E-state index contributed by atoms with van der Waals surface area (Å²) in [7, 11) is 2.36. The molecule has 1 heterocycles. The summed E-state index contributed by atoms with van der Waals surface area (Å²) in [4.78, 5) is 2.57. The maximum absolute atomic E-state index is 2.57. The molecule has 0 aromatic heterocycles. The molecule has 1 atom stereocenters. The third-order valence-corrected chi connectivity index (χ3v) is 2.80. The van der Waals surface area contributed by atoms with Gasteiger partial charge in [-0.3, -0.25) is 4.90 Å². The van der Waals surface area contributed by atoms with Crippen LogP contribution < -0.4 is 0 Å². The van der Waals surface area contributed by atoms with Crippen molar-refractivity contribution < 1.29 is 4.48 Å². The van der Waals surface area contributed by atoms with Crippen LogP contribution in [-0.2, 0) is 0 Å². The van der Waals surface area contributed by atoms with Crippen molar-refractivity contribution in [2.24, 2.45) is 0 Å². The maximum Gasteiger partial charge on any atom is 0.135 e. The van der Waals surface area contributed by atoms with Crippen molar-refractivity contribution >= 4 is 0 Å². The molecule has 1 aliphatic heterocycles. The fourth-order valence-corrected chi connectivity index (χ4v) is 1.76. The van der Waals surface area contributed by atoms with E-state index in [2.05, 4.69) is 25.8 Å². The minimum atomic E-state index is 1.25. The summed E-state index contributed by atoms with van der Waals surface area (Å²) in [5, 5.41) is 0. The largest absolute Gasteiger partial charge is 0.313 e. The topological polar surface area (TPSA) is 3.24 Å². The van der Waals surface area contributed by atoms with Crippen LogP contribution in [-0.4, -0.2) is 49.3 Å². The summed E-state index contributed by atoms with van der Waals surface area (Å²) in [6.45, 7) is 11.0. The van der Waals surface area contributed by atoms with Crippen LogP contribution in [0.3, 0.4) is 0 Å². The van der Waals surface area contributed by atoms with Gasteiger partial charge in [0.15, 0.2) is 0 Å². The normalized spacial score (nSPS) is 33.0. The van der Waals surface area contributed by atoms with Crippen LogP contribution in [0.4, 0.5) is 0 Å². The Morgan fingerprint density at radius 1 is 1.36 bits per heavy atom. The molecular formula is C9H21N2+. The molecular weight excluding hydrogens is 136 g/mol. The lowest BCUT2D eigenvalue weighted by Crippen LogP contribution is -2.42. The van der Waals surface area contributed by atoms with E-state index >= 15 is 0 Å². The van der Waals surface area contributed by atoms with Crippen molar-refractivity contribution in [3.63, 3.8) is 0 Å². The van der Waals surface area contributed by atoms with Gasteiger partial charge in [0.2, 0.25) is 0 Å². The van der Waals surface area contributed by atoms with Crippen LogP contribution in [0.5, 0.6) is 0 Å². The van der Waals surface area contributed by atoms with Gasteiger partial charge in [0, 0.05) is 6.54 Å². The Hall–Kier alpha value is -0.0800. The number of quaternary nitrogens is 1. The fraction of sp³-hybridized carbons (Fsp3) is 1.00. The predicted molar refractivity (Wildman–Crippen MR) is 48.3 cm³/mol. The molecule has 1 aliphatic rings. The lowest BCUT2D eigenvalue weighted by molar-refractivity contribution is -0.900. The molecule has 0 aromatic carbocycles. The van der Waals surface area contributed by atoms with E-state index in [1.807, 2.05) is 0 Å². The van der Waals surface area contributed by atoms with Crippen LogP contribution >= 0.6 is 0 Å². The van der Waals surface area contributed by atoms with Crippen molar-refractivity contribution in [3.8, 4) is 0 Å². The number of nitrogens with zero attached hydrogens (tertiary/aromatic N) is 2. The first kappa shape index (κ1) is 9.01. The third kappa shape index (κ3) is 2.17. The minimum Gasteiger partial charge on any atom is -0.313 e. The zero-order chi connectivity index (χ0) is 8.32. The van der Waals surface area contributed by atoms with Crippen LogP contribution in [0, 0.1) is 0 Å². The van der Waals surface area contributed by atoms with Crippen LogP contribution in [0.15, 0.2) is 0 Å². The quantitative estimate of drug-likeness (QED) is 0.555. The maximum atomic E-state index is 2.57. The van der Waals surface area contributed by atoms with Gasteiger partial charge < -0.3 is 4.48 Å². The highest BCUT2D eigenvalue weighted by molar-refractivity contribution is 4.58. The molecule has 0 aromatic rings. The van der Waals surface area contributed by atoms with Crippen molar-refractivity contribution in [3.05, 3.63) is 0 Å². The van der Waals surface area contributed by atoms with E-state index in [-0.39, 0.29) is 0 Å². The fourth-order valence-electron chi connectivity index (χ4n) is 1.76. The first-order valence-corrected chi connectivity index (χ1v) is 4.76. The monoisotopic (exact) mass is 157 g/mol. The first-order valence-electron chi connectivity index (χ1n) is 4.76. The van der Waals surface area contributed by atoms with Crippen LogP contribution in [0.25, 0.3) is 0 Å². The molecule has 0 spiro atoms. The van der Waals surface area contributed by atoms with E-state index in [4.69, 9.17) is 0 Å². The van der Waals surface area contributed by atoms with Gasteiger partial charge in [0.05, 0.1) is 26.7 Å². The molecule has 2 heteroatoms. The second kappa shape index (κ2) is 3.55. The van der Waals surface area contributed by atoms with E-state index in [0.717, 1.165) is 0 Å². The summed E-state index contributed by atoms with van der Waals surface area (Å²) in [6.07, 6.45) is 1.30. The standard InChI is InChI=1S/C9H21N2/c1-4-6-10-7-8-11(3,5-2)9-10/h4-9H2,1-3H3/q+1/t11-/m1/s1. The van der Waals surface area contributed by atoms with Crippen LogP contribution in [0.2, 0.25) is 0 Å². The van der Waals surface area contributed by atoms with Gasteiger partial charge >= 0.3 is 0 Å². The zero-order valence-corrected chi connectivity index (χ0v) is 8.14. The Balaban J connectivity index is 2.33. The van der Waals surface area contributed by atoms with Gasteiger partial charge in [0.1, 0.15) is 6.67 Å². The number of hydrogen-bond donors (Lipinski definition) is 0. The van der Waals surface area contributed by atoms with E-state index < -0.39 is 0 Å². The summed E-state index contributed by atoms with van der Waals surface area (Å²) in [5.74, 6) is 0. The van der Waals surface area contributed by atoms with Gasteiger partial charge in [-0.05, 0) is 13.3 Å². The molecule has 0 bridgehead atoms. The second-order valence-corrected chi connectivity index (χ2v) is 3.92. The first-order chi connectivity index (χ1) is 5.20. The lowest BCUT2D eigenvalue weighted by atomic mass is 10.4. The van der Waals surface area contributed by atoms with Gasteiger partial charge in [-0.1, -0.05) is 6.92 Å². The van der Waals surface area contributed by atoms with E-state index in [9.17, 15) is 0 Å². The molecule has 11 heavy (non-hydrogen) atoms. The molecule has 0 saturated carbocycles. The summed E-state index contributed by atoms with van der Waals surface area (Å²) in [6, 6.07) is 0. The Morgan fingerprint density at radius 2 is 2.09 bits per heavy atom. The highest BCUT2D eigenvalue weighted by Gasteiger charge is 2.29. The Labute approximate surface area is 70.4 Å². The number of rotatable bonds is 3. The molecule has 2 nitrogen and oxygen atoms in total. The number of hydrogen-bond acceptors (Lipinski definition) is 1. The average Bonchev–Trinajstić information content (AvgIpc) is 2.35. The van der Waals surface area contributed by atoms with Crippen molar-refractivity contribution in [2.45, 2.75) is 20.3 Å². The molecule has 1 fully saturated rings. The van der Waals surface area contributed by atoms with Gasteiger partial charge in [-0.15, -0.1) is 0 Å². The third-order valence-electron chi connectivity index (χ3n) is 2.80. The Bertz CT molecular complexity index is 125. The molecule has 0 aliphatic carbocycles. The SMILES string of the molecule is CCCN1CC[N@@+](C)(CC)C1. The van der Waals surface area contributed by atoms with E-state index in [1.165, 1.54) is 43.8 Å². The molecule has 1 saturated heterocycles. The second-order valence-electron chi connectivity index (χ2n) is 3.92. The predicted octanol–water partition coefficient (Wildman–Crippen LogP) is 1.14. The Morgan fingerprint density at radius 3 is 2.55 bits per heavy atom. The minimum absolute atomic E-state index is 1.25. The van der Waals surface area contributed by atoms with Crippen LogP contribution in [0.1, 0.15) is 20.3 Å². The molecule has 66 valence electrons. The molecule has 0 radical (unpaired) electrons. The summed E-state index contributed by atoms with van der Waals surface area (Å²) < 4.78 is 1.25. The average molecular weight is 157 g/mol. The van der Waals surface area contributed by atoms with E-state index in [1.54, 1.807) is 0 Å². The van der Waals surface area contributed by atoms with Gasteiger partial charge in [0.25, 0.3) is 0 Å². The Kier molecular flexibility index (Phi) is 2.90. The molecule has 0 unspecified atom stereocenters. The van der Waals surface area contributed by atoms with Crippen molar-refractivity contribution in [2.75, 3.05) is 39.9 Å². The smallest absolute Gasteiger partial charge is 0.135 e. The highest BCUT2D eigenvalue weighted by Crippen LogP contribution is 2.12. The van der Waals surface area contributed by atoms with E-state index in [0.29, 0.717) is 0 Å². The van der Waals surface area contributed by atoms with Gasteiger partial charge in [-0.25, -0.2) is 0 Å². The summed E-state index contributed by atoms with van der Waals surface area (Å²) >= 11 is 0. The molecule has 0 N–H and O–H groups in total. The molecule has 0 amide bonds.